The largest absolute Gasteiger partial charge is 0.399 e. The number of nitrogens with two attached hydrogens (primary N) is 1. The van der Waals surface area contributed by atoms with Crippen molar-refractivity contribution < 1.29 is 4.11 Å². The number of hydrogen-bond donors (Lipinski definition) is 1. The van der Waals surface area contributed by atoms with Crippen molar-refractivity contribution in [3.8, 4) is 11.4 Å². The van der Waals surface area contributed by atoms with E-state index in [2.05, 4.69) is 0 Å². The van der Waals surface area contributed by atoms with Crippen molar-refractivity contribution in [1.29, 1.82) is 0 Å². The van der Waals surface area contributed by atoms with E-state index in [0.717, 1.165) is 27.1 Å². The van der Waals surface area contributed by atoms with E-state index in [1.54, 1.807) is 12.1 Å². The normalized spacial score (nSPS) is 13.8. The van der Waals surface area contributed by atoms with Gasteiger partial charge in [-0.1, -0.05) is 48.5 Å². The van der Waals surface area contributed by atoms with Crippen LogP contribution in [0.2, 0.25) is 0 Å². The second-order valence-corrected chi connectivity index (χ2v) is 6.18. The average Bonchev–Trinajstić information content (AvgIpc) is 3.10. The van der Waals surface area contributed by atoms with E-state index in [-0.39, 0.29) is 0 Å². The maximum Gasteiger partial charge on any atom is 0.140 e. The summed E-state index contributed by atoms with van der Waals surface area (Å²) in [5.41, 5.74) is 8.47. The average molecular weight is 326 g/mol. The summed E-state index contributed by atoms with van der Waals surface area (Å²) in [6.45, 7) is -2.38. The first-order valence-electron chi connectivity index (χ1n) is 9.63. The Labute approximate surface area is 149 Å². The summed E-state index contributed by atoms with van der Waals surface area (Å²) in [7, 11) is 0. The van der Waals surface area contributed by atoms with E-state index in [1.807, 2.05) is 60.7 Å². The van der Waals surface area contributed by atoms with E-state index in [4.69, 9.17) is 14.8 Å². The number of imidazole rings is 1. The summed E-state index contributed by atoms with van der Waals surface area (Å²) in [5.74, 6) is 0.413. The zero-order valence-corrected chi connectivity index (χ0v) is 13.4. The van der Waals surface area contributed by atoms with Gasteiger partial charge in [0.1, 0.15) is 5.82 Å². The molecule has 4 aromatic carbocycles. The molecule has 0 aliphatic carbocycles. The third kappa shape index (κ3) is 1.96. The third-order valence-electron chi connectivity index (χ3n) is 4.70. The van der Waals surface area contributed by atoms with Gasteiger partial charge >= 0.3 is 0 Å². The van der Waals surface area contributed by atoms with Crippen LogP contribution in [0.1, 0.15) is 4.11 Å². The summed E-state index contributed by atoms with van der Waals surface area (Å²) in [4.78, 5) is 4.82. The van der Waals surface area contributed by atoms with E-state index in [1.165, 1.54) is 4.57 Å². The number of rotatable bonds is 1. The second kappa shape index (κ2) is 5.08. The molecule has 0 aliphatic heterocycles. The van der Waals surface area contributed by atoms with Crippen LogP contribution < -0.4 is 5.73 Å². The molecule has 0 radical (unpaired) electrons. The Balaban J connectivity index is 2.05. The topological polar surface area (TPSA) is 43.8 Å². The molecule has 0 aliphatic rings. The Morgan fingerprint density at radius 1 is 0.800 bits per heavy atom. The molecule has 0 amide bonds. The number of nitrogen functional groups attached to an aromatic ring is 1. The molecule has 5 aromatic rings. The molecule has 3 heteroatoms. The fourth-order valence-electron chi connectivity index (χ4n) is 3.53. The fraction of sp³-hybridized carbons (Fsp3) is 0.0455. The van der Waals surface area contributed by atoms with Gasteiger partial charge in [0.2, 0.25) is 0 Å². The minimum Gasteiger partial charge on any atom is -0.399 e. The Morgan fingerprint density at radius 3 is 2.08 bits per heavy atom. The van der Waals surface area contributed by atoms with Gasteiger partial charge in [0, 0.05) is 33.1 Å². The molecular formula is C22H17N3. The molecule has 0 fully saturated rings. The lowest BCUT2D eigenvalue weighted by Gasteiger charge is -2.08. The molecule has 1 heterocycles. The highest BCUT2D eigenvalue weighted by molar-refractivity contribution is 6.23. The molecule has 1 aromatic heterocycles. The van der Waals surface area contributed by atoms with Crippen LogP contribution >= 0.6 is 0 Å². The number of fused-ring (bicyclic) bond motifs is 6. The molecule has 0 bridgehead atoms. The van der Waals surface area contributed by atoms with Gasteiger partial charge in [0.25, 0.3) is 0 Å². The zero-order chi connectivity index (χ0) is 19.5. The number of hydrogen-bond acceptors (Lipinski definition) is 2. The van der Waals surface area contributed by atoms with Gasteiger partial charge in [-0.2, -0.15) is 0 Å². The molecule has 0 saturated heterocycles. The first-order chi connectivity index (χ1) is 13.4. The van der Waals surface area contributed by atoms with Crippen LogP contribution in [-0.4, -0.2) is 9.55 Å². The second-order valence-electron chi connectivity index (χ2n) is 6.18. The van der Waals surface area contributed by atoms with Crippen LogP contribution in [0.4, 0.5) is 5.69 Å². The summed E-state index contributed by atoms with van der Waals surface area (Å²) in [6.07, 6.45) is 0. The van der Waals surface area contributed by atoms with Crippen LogP contribution in [0.25, 0.3) is 44.0 Å². The third-order valence-corrected chi connectivity index (χ3v) is 4.70. The Hall–Kier alpha value is -3.33. The van der Waals surface area contributed by atoms with Crippen molar-refractivity contribution >= 4 is 38.3 Å². The van der Waals surface area contributed by atoms with Gasteiger partial charge in [-0.3, -0.25) is 0 Å². The van der Waals surface area contributed by atoms with Crippen molar-refractivity contribution in [2.24, 2.45) is 6.98 Å². The van der Waals surface area contributed by atoms with E-state index >= 15 is 0 Å². The molecule has 2 N–H and O–H groups in total. The lowest BCUT2D eigenvalue weighted by Crippen LogP contribution is -1.93. The molecule has 120 valence electrons. The lowest BCUT2D eigenvalue weighted by atomic mass is 10.00. The van der Waals surface area contributed by atoms with Crippen LogP contribution in [0, 0.1) is 0 Å². The predicted octanol–water partition coefficient (Wildman–Crippen LogP) is 5.13. The molecule has 0 spiro atoms. The molecule has 0 unspecified atom stereocenters. The first kappa shape index (κ1) is 11.3. The highest BCUT2D eigenvalue weighted by Crippen LogP contribution is 2.36. The summed E-state index contributed by atoms with van der Waals surface area (Å²) >= 11 is 0. The van der Waals surface area contributed by atoms with E-state index in [0.29, 0.717) is 22.5 Å². The molecule has 3 nitrogen and oxygen atoms in total. The number of aromatic nitrogens is 2. The summed E-state index contributed by atoms with van der Waals surface area (Å²) in [6, 6.07) is 23.0. The molecule has 25 heavy (non-hydrogen) atoms. The summed E-state index contributed by atoms with van der Waals surface area (Å²) in [5, 5.41) is 3.89. The fourth-order valence-corrected chi connectivity index (χ4v) is 3.53. The lowest BCUT2D eigenvalue weighted by molar-refractivity contribution is 0.962. The minimum atomic E-state index is -2.38. The van der Waals surface area contributed by atoms with Crippen molar-refractivity contribution in [2.75, 3.05) is 5.73 Å². The highest BCUT2D eigenvalue weighted by Gasteiger charge is 2.16. The van der Waals surface area contributed by atoms with Crippen LogP contribution in [-0.2, 0) is 6.98 Å². The van der Waals surface area contributed by atoms with E-state index < -0.39 is 6.98 Å². The molecule has 5 rings (SSSR count). The maximum absolute atomic E-state index is 8.22. The van der Waals surface area contributed by atoms with Gasteiger partial charge in [0.05, 0.1) is 11.0 Å². The quantitative estimate of drug-likeness (QED) is 0.343. The van der Waals surface area contributed by atoms with Gasteiger partial charge in [0.15, 0.2) is 0 Å². The number of aryl methyl sites for hydroxylation is 1. The number of benzene rings is 4. The van der Waals surface area contributed by atoms with Gasteiger partial charge in [-0.15, -0.1) is 0 Å². The van der Waals surface area contributed by atoms with Gasteiger partial charge in [-0.05, 0) is 35.0 Å². The van der Waals surface area contributed by atoms with Crippen molar-refractivity contribution in [2.45, 2.75) is 0 Å². The molecular weight excluding hydrogens is 306 g/mol. The van der Waals surface area contributed by atoms with Crippen molar-refractivity contribution in [3.05, 3.63) is 72.8 Å². The summed E-state index contributed by atoms with van der Waals surface area (Å²) < 4.78 is 26.0. The highest BCUT2D eigenvalue weighted by atomic mass is 15.1. The van der Waals surface area contributed by atoms with E-state index in [9.17, 15) is 0 Å². The Bertz CT molecular complexity index is 1350. The minimum absolute atomic E-state index is 0.413. The van der Waals surface area contributed by atoms with Crippen LogP contribution in [0.3, 0.4) is 0 Å². The van der Waals surface area contributed by atoms with Gasteiger partial charge < -0.3 is 10.3 Å². The Morgan fingerprint density at radius 2 is 1.40 bits per heavy atom. The molecule has 0 saturated carbocycles. The van der Waals surface area contributed by atoms with Crippen LogP contribution in [0.15, 0.2) is 72.8 Å². The monoisotopic (exact) mass is 326 g/mol. The first-order valence-corrected chi connectivity index (χ1v) is 8.13. The SMILES string of the molecule is [2H]C([2H])([2H])n1c(-c2ccc(N)cc2)nc2c3ccccc3c3ccccc3c21. The standard InChI is InChI=1S/C22H17N3/c1-25-21-19-9-5-3-7-17(19)16-6-2-4-8-18(16)20(21)24-22(25)14-10-12-15(23)13-11-14/h2-13H,23H2,1H3/i1D3. The number of anilines is 1. The van der Waals surface area contributed by atoms with Crippen LogP contribution in [0.5, 0.6) is 0 Å². The number of nitrogens with zero attached hydrogens (tertiary/aromatic N) is 2. The Kier molecular flexibility index (Phi) is 2.29. The molecule has 0 atom stereocenters. The predicted molar refractivity (Wildman–Crippen MR) is 106 cm³/mol. The zero-order valence-electron chi connectivity index (χ0n) is 16.4. The van der Waals surface area contributed by atoms with Crippen molar-refractivity contribution in [1.82, 2.24) is 9.55 Å². The smallest absolute Gasteiger partial charge is 0.140 e. The van der Waals surface area contributed by atoms with Gasteiger partial charge in [-0.25, -0.2) is 4.98 Å². The van der Waals surface area contributed by atoms with Crippen molar-refractivity contribution in [3.63, 3.8) is 0 Å². The maximum atomic E-state index is 8.22.